The van der Waals surface area contributed by atoms with Gasteiger partial charge in [-0.1, -0.05) is 12.1 Å². The molecule has 1 heterocycles. The number of ether oxygens (including phenoxy) is 2. The van der Waals surface area contributed by atoms with E-state index in [1.165, 1.54) is 11.0 Å². The topological polar surface area (TPSA) is 40.0 Å². The summed E-state index contributed by atoms with van der Waals surface area (Å²) < 4.78 is 10.5. The molecule has 2 atom stereocenters. The van der Waals surface area contributed by atoms with Gasteiger partial charge in [-0.25, -0.2) is 4.79 Å². The van der Waals surface area contributed by atoms with Gasteiger partial charge in [-0.05, 0) is 30.2 Å². The lowest BCUT2D eigenvalue weighted by atomic mass is 10.1. The van der Waals surface area contributed by atoms with Crippen LogP contribution >= 0.6 is 0 Å². The smallest absolute Gasteiger partial charge is 0.331 e. The predicted molar refractivity (Wildman–Crippen MR) is 77.8 cm³/mol. The van der Waals surface area contributed by atoms with Crippen LogP contribution in [0.4, 0.5) is 0 Å². The second-order valence-corrected chi connectivity index (χ2v) is 5.22. The van der Waals surface area contributed by atoms with Gasteiger partial charge >= 0.3 is 5.97 Å². The molecule has 0 amide bonds. The Kier molecular flexibility index (Phi) is 5.18. The van der Waals surface area contributed by atoms with E-state index < -0.39 is 0 Å². The Morgan fingerprint density at radius 1 is 1.35 bits per heavy atom. The zero-order chi connectivity index (χ0) is 14.4. The van der Waals surface area contributed by atoms with Crippen LogP contribution in [0, 0.1) is 0 Å². The molecule has 0 spiro atoms. The van der Waals surface area contributed by atoms with Gasteiger partial charge < -0.3 is 14.4 Å². The number of carbonyl (C=O) groups excluding carboxylic acids is 1. The fourth-order valence-corrected chi connectivity index (χ4v) is 2.41. The van der Waals surface area contributed by atoms with Crippen molar-refractivity contribution < 1.29 is 19.2 Å². The van der Waals surface area contributed by atoms with Crippen LogP contribution in [0.2, 0.25) is 0 Å². The molecule has 1 saturated heterocycles. The predicted octanol–water partition coefficient (Wildman–Crippen LogP) is 0.929. The first kappa shape index (κ1) is 14.6. The molecule has 0 aromatic heterocycles. The van der Waals surface area contributed by atoms with Crippen LogP contribution in [-0.4, -0.2) is 39.3 Å². The normalized spacial score (nSPS) is 22.7. The second-order valence-electron chi connectivity index (χ2n) is 5.22. The number of piperidine rings is 1. The molecule has 1 unspecified atom stereocenters. The number of benzene rings is 1. The number of esters is 1. The number of quaternary nitrogens is 1. The first-order valence-electron chi connectivity index (χ1n) is 7.01. The number of methoxy groups -OCH3 is 1. The van der Waals surface area contributed by atoms with Gasteiger partial charge in [0.25, 0.3) is 0 Å². The van der Waals surface area contributed by atoms with Gasteiger partial charge in [0.1, 0.15) is 12.3 Å². The van der Waals surface area contributed by atoms with Crippen LogP contribution in [0.1, 0.15) is 18.4 Å². The van der Waals surface area contributed by atoms with Crippen LogP contribution in [-0.2, 0) is 9.53 Å². The largest absolute Gasteiger partial charge is 0.497 e. The monoisotopic (exact) mass is 276 g/mol. The summed E-state index contributed by atoms with van der Waals surface area (Å²) >= 11 is 0. The van der Waals surface area contributed by atoms with Crippen LogP contribution < -0.4 is 9.64 Å². The SMILES string of the molecule is COc1ccc(/C=C/C(=O)O[C@@H]2CCC[NH+](C)C2)cc1. The molecule has 0 radical (unpaired) electrons. The maximum absolute atomic E-state index is 11.8. The van der Waals surface area contributed by atoms with Crippen LogP contribution in [0.25, 0.3) is 6.08 Å². The summed E-state index contributed by atoms with van der Waals surface area (Å²) in [5, 5.41) is 0. The molecule has 1 N–H and O–H groups in total. The first-order chi connectivity index (χ1) is 9.67. The average Bonchev–Trinajstić information content (AvgIpc) is 2.46. The van der Waals surface area contributed by atoms with Crippen molar-refractivity contribution in [3.63, 3.8) is 0 Å². The molecule has 0 bridgehead atoms. The third kappa shape index (κ3) is 4.38. The minimum atomic E-state index is -0.263. The lowest BCUT2D eigenvalue weighted by Gasteiger charge is -2.26. The summed E-state index contributed by atoms with van der Waals surface area (Å²) in [6.45, 7) is 2.07. The summed E-state index contributed by atoms with van der Waals surface area (Å²) in [4.78, 5) is 13.2. The van der Waals surface area contributed by atoms with E-state index in [1.54, 1.807) is 13.2 Å². The van der Waals surface area contributed by atoms with Gasteiger partial charge in [0.05, 0.1) is 20.7 Å². The van der Waals surface area contributed by atoms with Gasteiger partial charge in [-0.3, -0.25) is 0 Å². The lowest BCUT2D eigenvalue weighted by Crippen LogP contribution is -3.11. The Morgan fingerprint density at radius 3 is 2.75 bits per heavy atom. The van der Waals surface area contributed by atoms with Crippen molar-refractivity contribution in [2.75, 3.05) is 27.2 Å². The van der Waals surface area contributed by atoms with Gasteiger partial charge in [0, 0.05) is 12.5 Å². The molecule has 108 valence electrons. The highest BCUT2D eigenvalue weighted by molar-refractivity contribution is 5.87. The van der Waals surface area contributed by atoms with Crippen molar-refractivity contribution in [2.24, 2.45) is 0 Å². The zero-order valence-electron chi connectivity index (χ0n) is 12.1. The molecule has 0 aliphatic carbocycles. The van der Waals surface area contributed by atoms with Crippen molar-refractivity contribution >= 4 is 12.0 Å². The summed E-state index contributed by atoms with van der Waals surface area (Å²) in [5.74, 6) is 0.540. The molecular weight excluding hydrogens is 254 g/mol. The molecule has 20 heavy (non-hydrogen) atoms. The highest BCUT2D eigenvalue weighted by Gasteiger charge is 2.22. The number of likely N-dealkylation sites (tertiary alicyclic amines) is 1. The third-order valence-corrected chi connectivity index (χ3v) is 3.52. The van der Waals surface area contributed by atoms with E-state index in [-0.39, 0.29) is 12.1 Å². The molecule has 0 saturated carbocycles. The summed E-state index contributed by atoms with van der Waals surface area (Å²) in [5.41, 5.74) is 0.953. The van der Waals surface area contributed by atoms with E-state index in [1.807, 2.05) is 24.3 Å². The molecule has 4 heteroatoms. The van der Waals surface area contributed by atoms with Gasteiger partial charge in [0.2, 0.25) is 0 Å². The Bertz CT molecular complexity index is 467. The number of nitrogens with one attached hydrogen (secondary N) is 1. The van der Waals surface area contributed by atoms with Crippen LogP contribution in [0.5, 0.6) is 5.75 Å². The number of likely N-dealkylation sites (N-methyl/N-ethyl adjacent to an activating group) is 1. The quantitative estimate of drug-likeness (QED) is 0.657. The van der Waals surface area contributed by atoms with E-state index in [0.717, 1.165) is 37.2 Å². The van der Waals surface area contributed by atoms with Crippen LogP contribution in [0.3, 0.4) is 0 Å². The Labute approximate surface area is 120 Å². The molecule has 1 fully saturated rings. The highest BCUT2D eigenvalue weighted by Crippen LogP contribution is 2.12. The first-order valence-corrected chi connectivity index (χ1v) is 7.01. The Hall–Kier alpha value is -1.81. The maximum atomic E-state index is 11.8. The number of carbonyl (C=O) groups is 1. The maximum Gasteiger partial charge on any atom is 0.331 e. The molecule has 1 aromatic rings. The zero-order valence-corrected chi connectivity index (χ0v) is 12.1. The van der Waals surface area contributed by atoms with E-state index in [4.69, 9.17) is 9.47 Å². The molecule has 2 rings (SSSR count). The van der Waals surface area contributed by atoms with Gasteiger partial charge in [0.15, 0.2) is 6.10 Å². The molecule has 4 nitrogen and oxygen atoms in total. The standard InChI is InChI=1S/C16H21NO3/c1-17-11-3-4-15(12-17)20-16(18)10-7-13-5-8-14(19-2)9-6-13/h5-10,15H,3-4,11-12H2,1-2H3/p+1/b10-7+/t15-/m1/s1. The number of hydrogen-bond donors (Lipinski definition) is 1. The van der Waals surface area contributed by atoms with Gasteiger partial charge in [-0.15, -0.1) is 0 Å². The fourth-order valence-electron chi connectivity index (χ4n) is 2.41. The summed E-state index contributed by atoms with van der Waals surface area (Å²) in [6.07, 6.45) is 5.40. The molecule has 1 aromatic carbocycles. The minimum Gasteiger partial charge on any atom is -0.497 e. The van der Waals surface area contributed by atoms with E-state index in [0.29, 0.717) is 0 Å². The molecule has 1 aliphatic heterocycles. The Balaban J connectivity index is 1.85. The van der Waals surface area contributed by atoms with Crippen LogP contribution in [0.15, 0.2) is 30.3 Å². The minimum absolute atomic E-state index is 0.0526. The average molecular weight is 276 g/mol. The van der Waals surface area contributed by atoms with Crippen molar-refractivity contribution in [1.82, 2.24) is 0 Å². The lowest BCUT2D eigenvalue weighted by molar-refractivity contribution is -0.888. The third-order valence-electron chi connectivity index (χ3n) is 3.52. The van der Waals surface area contributed by atoms with Crippen molar-refractivity contribution in [3.8, 4) is 5.75 Å². The Morgan fingerprint density at radius 2 is 2.10 bits per heavy atom. The second kappa shape index (κ2) is 7.10. The highest BCUT2D eigenvalue weighted by atomic mass is 16.5. The molecule has 1 aliphatic rings. The summed E-state index contributed by atoms with van der Waals surface area (Å²) in [7, 11) is 3.76. The van der Waals surface area contributed by atoms with Crippen molar-refractivity contribution in [2.45, 2.75) is 18.9 Å². The van der Waals surface area contributed by atoms with E-state index >= 15 is 0 Å². The van der Waals surface area contributed by atoms with Gasteiger partial charge in [-0.2, -0.15) is 0 Å². The number of rotatable bonds is 4. The summed E-state index contributed by atoms with van der Waals surface area (Å²) in [6, 6.07) is 7.54. The van der Waals surface area contributed by atoms with E-state index in [9.17, 15) is 4.79 Å². The van der Waals surface area contributed by atoms with Crippen molar-refractivity contribution in [3.05, 3.63) is 35.9 Å². The fraction of sp³-hybridized carbons (Fsp3) is 0.438. The van der Waals surface area contributed by atoms with Crippen molar-refractivity contribution in [1.29, 1.82) is 0 Å². The number of hydrogen-bond acceptors (Lipinski definition) is 3. The van der Waals surface area contributed by atoms with E-state index in [2.05, 4.69) is 7.05 Å². The molecular formula is C16H22NO3+.